The molecule has 0 aromatic heterocycles. The van der Waals surface area contributed by atoms with Crippen molar-refractivity contribution < 1.29 is 30.6 Å². The normalized spacial score (nSPS) is 18.5. The van der Waals surface area contributed by atoms with Crippen LogP contribution in [0.5, 0.6) is 0 Å². The van der Waals surface area contributed by atoms with E-state index in [0.29, 0.717) is 12.0 Å². The minimum absolute atomic E-state index is 0.0423. The molecule has 208 valence electrons. The third-order valence-electron chi connectivity index (χ3n) is 7.35. The van der Waals surface area contributed by atoms with Crippen molar-refractivity contribution in [2.45, 2.75) is 114 Å². The van der Waals surface area contributed by atoms with Gasteiger partial charge in [0.1, 0.15) is 23.9 Å². The van der Waals surface area contributed by atoms with Crippen LogP contribution in [-0.4, -0.2) is 66.8 Å². The molecule has 1 unspecified atom stereocenters. The van der Waals surface area contributed by atoms with E-state index in [0.717, 1.165) is 16.7 Å². The van der Waals surface area contributed by atoms with E-state index < -0.39 is 36.1 Å². The second-order valence-electron chi connectivity index (χ2n) is 12.6. The van der Waals surface area contributed by atoms with Gasteiger partial charge in [-0.25, -0.2) is 0 Å². The summed E-state index contributed by atoms with van der Waals surface area (Å²) in [4.78, 5) is 0. The maximum absolute atomic E-state index is 12.0. The number of hydrogen-bond acceptors (Lipinski definition) is 6. The van der Waals surface area contributed by atoms with Crippen LogP contribution in [0.3, 0.4) is 0 Å². The predicted molar refractivity (Wildman–Crippen MR) is 148 cm³/mol. The van der Waals surface area contributed by atoms with Gasteiger partial charge in [0.2, 0.25) is 0 Å². The monoisotopic (exact) mass is 516 g/mol. The van der Waals surface area contributed by atoms with Gasteiger partial charge < -0.3 is 30.6 Å². The van der Waals surface area contributed by atoms with E-state index in [-0.39, 0.29) is 30.1 Å². The van der Waals surface area contributed by atoms with Crippen molar-refractivity contribution in [1.82, 2.24) is 0 Å². The predicted octanol–water partition coefficient (Wildman–Crippen LogP) is 3.40. The Morgan fingerprint density at radius 3 is 1.54 bits per heavy atom. The molecule has 2 rings (SSSR count). The summed E-state index contributed by atoms with van der Waals surface area (Å²) < 4.78 is 0. The molecule has 0 aliphatic rings. The molecular weight excluding hydrogens is 468 g/mol. The van der Waals surface area contributed by atoms with Crippen LogP contribution >= 0.6 is 0 Å². The van der Waals surface area contributed by atoms with Crippen molar-refractivity contribution in [3.8, 4) is 0 Å². The quantitative estimate of drug-likeness (QED) is 0.272. The van der Waals surface area contributed by atoms with Gasteiger partial charge in [-0.3, -0.25) is 0 Å². The molecule has 0 fully saturated rings. The number of hydrogen-bond donors (Lipinski definition) is 6. The zero-order valence-electron chi connectivity index (χ0n) is 23.6. The van der Waals surface area contributed by atoms with E-state index in [9.17, 15) is 30.6 Å². The summed E-state index contributed by atoms with van der Waals surface area (Å²) in [5.41, 5.74) is -1.27. The highest BCUT2D eigenvalue weighted by Crippen LogP contribution is 2.38. The van der Waals surface area contributed by atoms with Crippen LogP contribution in [0.1, 0.15) is 83.6 Å². The van der Waals surface area contributed by atoms with Gasteiger partial charge in [0.25, 0.3) is 0 Å². The first-order valence-corrected chi connectivity index (χ1v) is 13.3. The lowest BCUT2D eigenvalue weighted by molar-refractivity contribution is -0.230. The first-order chi connectivity index (χ1) is 17.0. The molecule has 0 aliphatic heterocycles. The van der Waals surface area contributed by atoms with Crippen LogP contribution in [0.15, 0.2) is 48.5 Å². The van der Waals surface area contributed by atoms with Gasteiger partial charge in [0, 0.05) is 12.8 Å². The summed E-state index contributed by atoms with van der Waals surface area (Å²) in [5.74, 6) is 0. The maximum Gasteiger partial charge on any atom is 0.126 e. The van der Waals surface area contributed by atoms with Gasteiger partial charge in [0.05, 0.1) is 12.2 Å². The van der Waals surface area contributed by atoms with Crippen molar-refractivity contribution in [3.05, 3.63) is 70.8 Å². The molecule has 2 aromatic rings. The van der Waals surface area contributed by atoms with Crippen molar-refractivity contribution in [1.29, 1.82) is 0 Å². The lowest BCUT2D eigenvalue weighted by Crippen LogP contribution is -2.66. The first-order valence-electron chi connectivity index (χ1n) is 13.3. The van der Waals surface area contributed by atoms with Crippen molar-refractivity contribution >= 4 is 0 Å². The minimum atomic E-state index is -2.36. The molecule has 0 amide bonds. The van der Waals surface area contributed by atoms with E-state index in [1.165, 1.54) is 0 Å². The molecule has 0 aliphatic carbocycles. The summed E-state index contributed by atoms with van der Waals surface area (Å²) in [6.45, 7) is 13.4. The Hall–Kier alpha value is -1.80. The number of aliphatic hydroxyl groups is 6. The summed E-state index contributed by atoms with van der Waals surface area (Å²) >= 11 is 0. The van der Waals surface area contributed by atoms with Crippen LogP contribution in [0, 0.1) is 0 Å². The average molecular weight is 517 g/mol. The fraction of sp³-hybridized carbons (Fsp3) is 0.613. The largest absolute Gasteiger partial charge is 0.394 e. The SMILES string of the molecule is CCCC(O)(Cc1ccccc1C(C)(C)C)[C@@H](O)[C@@](O)(Cc1ccccc1C(C)(C)C)[C@H](O)[C@@H](O)CO. The smallest absolute Gasteiger partial charge is 0.126 e. The highest BCUT2D eigenvalue weighted by atomic mass is 16.4. The number of rotatable bonds is 11. The molecule has 0 saturated carbocycles. The van der Waals surface area contributed by atoms with E-state index in [1.54, 1.807) is 0 Å². The van der Waals surface area contributed by atoms with Gasteiger partial charge in [-0.15, -0.1) is 0 Å². The molecule has 6 nitrogen and oxygen atoms in total. The van der Waals surface area contributed by atoms with Gasteiger partial charge in [-0.1, -0.05) is 103 Å². The lowest BCUT2D eigenvalue weighted by Gasteiger charge is -2.47. The fourth-order valence-corrected chi connectivity index (χ4v) is 5.46. The van der Waals surface area contributed by atoms with E-state index in [2.05, 4.69) is 20.8 Å². The first kappa shape index (κ1) is 31.4. The molecule has 0 spiro atoms. The molecule has 5 atom stereocenters. The summed E-state index contributed by atoms with van der Waals surface area (Å²) in [7, 11) is 0. The third-order valence-corrected chi connectivity index (χ3v) is 7.35. The molecule has 0 bridgehead atoms. The van der Waals surface area contributed by atoms with Gasteiger partial charge in [-0.2, -0.15) is 0 Å². The van der Waals surface area contributed by atoms with Crippen LogP contribution in [0.2, 0.25) is 0 Å². The topological polar surface area (TPSA) is 121 Å². The Morgan fingerprint density at radius 2 is 1.14 bits per heavy atom. The highest BCUT2D eigenvalue weighted by molar-refractivity contribution is 5.36. The Morgan fingerprint density at radius 1 is 0.703 bits per heavy atom. The molecule has 0 heterocycles. The van der Waals surface area contributed by atoms with E-state index in [1.807, 2.05) is 76.2 Å². The van der Waals surface area contributed by atoms with Crippen LogP contribution in [-0.2, 0) is 23.7 Å². The average Bonchev–Trinajstić information content (AvgIpc) is 2.81. The summed E-state index contributed by atoms with van der Waals surface area (Å²) in [6.07, 6.45) is -4.99. The zero-order chi connectivity index (χ0) is 28.2. The van der Waals surface area contributed by atoms with Gasteiger partial charge in [-0.05, 0) is 39.5 Å². The van der Waals surface area contributed by atoms with E-state index >= 15 is 0 Å². The Kier molecular flexibility index (Phi) is 10.1. The van der Waals surface area contributed by atoms with Gasteiger partial charge in [0.15, 0.2) is 0 Å². The molecule has 0 radical (unpaired) electrons. The molecule has 0 saturated heterocycles. The van der Waals surface area contributed by atoms with Crippen molar-refractivity contribution in [3.63, 3.8) is 0 Å². The molecule has 2 aromatic carbocycles. The van der Waals surface area contributed by atoms with E-state index in [4.69, 9.17) is 0 Å². The third kappa shape index (κ3) is 7.20. The Labute approximate surface area is 222 Å². The molecule has 6 heteroatoms. The minimum Gasteiger partial charge on any atom is -0.394 e. The van der Waals surface area contributed by atoms with Crippen molar-refractivity contribution in [2.75, 3.05) is 6.61 Å². The standard InChI is InChI=1S/C31H48O6/c1-8-17-30(36,18-21-13-9-11-15-23(21)28(2,3)4)27(35)31(37,26(34)25(33)20-32)19-22-14-10-12-16-24(22)29(5,6)7/h9-16,25-27,32-37H,8,17-20H2,1-7H3/t25-,26+,27+,30?,31+/m0/s1. The second-order valence-corrected chi connectivity index (χ2v) is 12.6. The zero-order valence-corrected chi connectivity index (χ0v) is 23.6. The van der Waals surface area contributed by atoms with Crippen LogP contribution in [0.25, 0.3) is 0 Å². The molecular formula is C31H48O6. The lowest BCUT2D eigenvalue weighted by atomic mass is 9.69. The molecule has 6 N–H and O–H groups in total. The number of aliphatic hydroxyl groups excluding tert-OH is 4. The van der Waals surface area contributed by atoms with Gasteiger partial charge >= 0.3 is 0 Å². The maximum atomic E-state index is 12.0. The Balaban J connectivity index is 2.66. The fourth-order valence-electron chi connectivity index (χ4n) is 5.46. The number of benzene rings is 2. The summed E-state index contributed by atoms with van der Waals surface area (Å²) in [5, 5.41) is 66.9. The van der Waals surface area contributed by atoms with Crippen LogP contribution < -0.4 is 0 Å². The molecule has 37 heavy (non-hydrogen) atoms. The highest BCUT2D eigenvalue weighted by Gasteiger charge is 2.54. The Bertz CT molecular complexity index is 1010. The summed E-state index contributed by atoms with van der Waals surface area (Å²) in [6, 6.07) is 15.1. The van der Waals surface area contributed by atoms with Crippen molar-refractivity contribution in [2.24, 2.45) is 0 Å². The second kappa shape index (κ2) is 11.9. The van der Waals surface area contributed by atoms with Crippen LogP contribution in [0.4, 0.5) is 0 Å².